The molecule has 1 aliphatic heterocycles. The van der Waals surface area contributed by atoms with Crippen molar-refractivity contribution in [3.05, 3.63) is 35.1 Å². The summed E-state index contributed by atoms with van der Waals surface area (Å²) >= 11 is 0. The molecule has 1 fully saturated rings. The van der Waals surface area contributed by atoms with Crippen molar-refractivity contribution in [2.45, 2.75) is 37.5 Å². The van der Waals surface area contributed by atoms with Crippen LogP contribution < -0.4 is 5.32 Å². The van der Waals surface area contributed by atoms with Crippen LogP contribution in [0.3, 0.4) is 0 Å². The van der Waals surface area contributed by atoms with Gasteiger partial charge in [-0.15, -0.1) is 0 Å². The van der Waals surface area contributed by atoms with Crippen molar-refractivity contribution in [3.63, 3.8) is 0 Å². The highest BCUT2D eigenvalue weighted by molar-refractivity contribution is 7.92. The summed E-state index contributed by atoms with van der Waals surface area (Å²) in [5.74, 6) is -3.34. The number of halogens is 3. The SMILES string of the molecule is CCNC(c1cc(F)c(F)cc1F)C1CCCCS1(=O)=O. The van der Waals surface area contributed by atoms with E-state index in [1.165, 1.54) is 0 Å². The molecule has 1 N–H and O–H groups in total. The molecule has 1 aromatic carbocycles. The van der Waals surface area contributed by atoms with Crippen LogP contribution >= 0.6 is 0 Å². The van der Waals surface area contributed by atoms with Gasteiger partial charge < -0.3 is 5.32 Å². The smallest absolute Gasteiger partial charge is 0.161 e. The van der Waals surface area contributed by atoms with E-state index < -0.39 is 38.6 Å². The largest absolute Gasteiger partial charge is 0.309 e. The van der Waals surface area contributed by atoms with E-state index in [0.717, 1.165) is 12.5 Å². The Morgan fingerprint density at radius 2 is 1.86 bits per heavy atom. The maximum absolute atomic E-state index is 14.0. The molecule has 2 unspecified atom stereocenters. The van der Waals surface area contributed by atoms with Gasteiger partial charge in [0, 0.05) is 11.6 Å². The van der Waals surface area contributed by atoms with Crippen molar-refractivity contribution in [2.75, 3.05) is 12.3 Å². The van der Waals surface area contributed by atoms with Gasteiger partial charge in [-0.1, -0.05) is 13.3 Å². The molecule has 0 amide bonds. The molecule has 0 radical (unpaired) electrons. The average molecular weight is 321 g/mol. The molecule has 1 heterocycles. The van der Waals surface area contributed by atoms with Gasteiger partial charge in [0.15, 0.2) is 21.5 Å². The summed E-state index contributed by atoms with van der Waals surface area (Å²) in [6, 6.07) is 0.349. The molecule has 2 atom stereocenters. The molecule has 0 aliphatic carbocycles. The van der Waals surface area contributed by atoms with E-state index in [4.69, 9.17) is 0 Å². The molecule has 21 heavy (non-hydrogen) atoms. The minimum atomic E-state index is -3.38. The Kier molecular flexibility index (Phi) is 4.93. The summed E-state index contributed by atoms with van der Waals surface area (Å²) in [4.78, 5) is 0. The molecule has 2 rings (SSSR count). The van der Waals surface area contributed by atoms with E-state index in [0.29, 0.717) is 25.5 Å². The van der Waals surface area contributed by atoms with Crippen molar-refractivity contribution in [1.29, 1.82) is 0 Å². The summed E-state index contributed by atoms with van der Waals surface area (Å²) in [6.45, 7) is 2.15. The first kappa shape index (κ1) is 16.3. The topological polar surface area (TPSA) is 46.2 Å². The van der Waals surface area contributed by atoms with Crippen LogP contribution in [0.4, 0.5) is 13.2 Å². The molecule has 0 spiro atoms. The maximum atomic E-state index is 14.0. The Labute approximate surface area is 122 Å². The summed E-state index contributed by atoms with van der Waals surface area (Å²) in [6.07, 6.45) is 1.69. The molecule has 118 valence electrons. The third kappa shape index (κ3) is 3.40. The van der Waals surface area contributed by atoms with Crippen molar-refractivity contribution >= 4 is 9.84 Å². The van der Waals surface area contributed by atoms with Crippen LogP contribution in [0, 0.1) is 17.5 Å². The lowest BCUT2D eigenvalue weighted by Gasteiger charge is -2.31. The lowest BCUT2D eigenvalue weighted by molar-refractivity contribution is 0.430. The Balaban J connectivity index is 2.46. The highest BCUT2D eigenvalue weighted by Crippen LogP contribution is 2.32. The van der Waals surface area contributed by atoms with Gasteiger partial charge in [0.1, 0.15) is 5.82 Å². The second-order valence-electron chi connectivity index (χ2n) is 5.22. The molecule has 7 heteroatoms. The van der Waals surface area contributed by atoms with Gasteiger partial charge in [-0.2, -0.15) is 0 Å². The van der Waals surface area contributed by atoms with E-state index in [-0.39, 0.29) is 11.3 Å². The second-order valence-corrected chi connectivity index (χ2v) is 7.56. The first-order valence-corrected chi connectivity index (χ1v) is 8.67. The van der Waals surface area contributed by atoms with Gasteiger partial charge in [-0.3, -0.25) is 0 Å². The zero-order valence-electron chi connectivity index (χ0n) is 11.7. The Morgan fingerprint density at radius 1 is 1.19 bits per heavy atom. The summed E-state index contributed by atoms with van der Waals surface area (Å²) in [7, 11) is -3.38. The monoisotopic (exact) mass is 321 g/mol. The molecule has 1 aromatic rings. The van der Waals surface area contributed by atoms with Crippen LogP contribution in [0.15, 0.2) is 12.1 Å². The van der Waals surface area contributed by atoms with Crippen molar-refractivity contribution in [2.24, 2.45) is 0 Å². The number of sulfone groups is 1. The Hall–Kier alpha value is -1.08. The second kappa shape index (κ2) is 6.36. The third-order valence-corrected chi connectivity index (χ3v) is 6.09. The number of hydrogen-bond donors (Lipinski definition) is 1. The van der Waals surface area contributed by atoms with Gasteiger partial charge in [0.25, 0.3) is 0 Å². The summed E-state index contributed by atoms with van der Waals surface area (Å²) in [5, 5.41) is 2.09. The van der Waals surface area contributed by atoms with Gasteiger partial charge >= 0.3 is 0 Å². The molecular weight excluding hydrogens is 303 g/mol. The van der Waals surface area contributed by atoms with Crippen LogP contribution in [0.2, 0.25) is 0 Å². The van der Waals surface area contributed by atoms with Crippen LogP contribution in [0.25, 0.3) is 0 Å². The molecule has 0 saturated carbocycles. The maximum Gasteiger partial charge on any atom is 0.161 e. The van der Waals surface area contributed by atoms with Crippen molar-refractivity contribution < 1.29 is 21.6 Å². The summed E-state index contributed by atoms with van der Waals surface area (Å²) < 4.78 is 64.8. The van der Waals surface area contributed by atoms with Crippen LogP contribution in [0.5, 0.6) is 0 Å². The third-order valence-electron chi connectivity index (χ3n) is 3.80. The minimum absolute atomic E-state index is 0.0465. The van der Waals surface area contributed by atoms with Crippen LogP contribution in [0.1, 0.15) is 37.8 Å². The quantitative estimate of drug-likeness (QED) is 0.868. The highest BCUT2D eigenvalue weighted by Gasteiger charge is 2.37. The predicted molar refractivity (Wildman–Crippen MR) is 74.2 cm³/mol. The fourth-order valence-electron chi connectivity index (χ4n) is 2.79. The number of nitrogens with one attached hydrogen (secondary N) is 1. The van der Waals surface area contributed by atoms with Gasteiger partial charge in [0.05, 0.1) is 17.0 Å². The highest BCUT2D eigenvalue weighted by atomic mass is 32.2. The standard InChI is InChI=1S/C14H18F3NO2S/c1-2-18-14(13-5-3-4-6-21(13,19)20)9-7-11(16)12(17)8-10(9)15/h7-8,13-14,18H,2-6H2,1H3. The average Bonchev–Trinajstić information content (AvgIpc) is 2.41. The number of rotatable bonds is 4. The van der Waals surface area contributed by atoms with E-state index in [1.807, 2.05) is 0 Å². The number of hydrogen-bond acceptors (Lipinski definition) is 3. The predicted octanol–water partition coefficient (Wildman–Crippen LogP) is 2.72. The lowest BCUT2D eigenvalue weighted by Crippen LogP contribution is -2.41. The molecular formula is C14H18F3NO2S. The van der Waals surface area contributed by atoms with Gasteiger partial charge in [-0.25, -0.2) is 21.6 Å². The molecule has 3 nitrogen and oxygen atoms in total. The minimum Gasteiger partial charge on any atom is -0.309 e. The first-order chi connectivity index (χ1) is 9.86. The number of benzene rings is 1. The van der Waals surface area contributed by atoms with E-state index in [2.05, 4.69) is 5.32 Å². The van der Waals surface area contributed by atoms with Crippen molar-refractivity contribution in [1.82, 2.24) is 5.32 Å². The molecule has 1 aliphatic rings. The van der Waals surface area contributed by atoms with Gasteiger partial charge in [-0.05, 0) is 25.5 Å². The Morgan fingerprint density at radius 3 is 2.48 bits per heavy atom. The van der Waals surface area contributed by atoms with E-state index >= 15 is 0 Å². The fraction of sp³-hybridized carbons (Fsp3) is 0.571. The van der Waals surface area contributed by atoms with Crippen LogP contribution in [-0.4, -0.2) is 26.0 Å². The normalized spacial score (nSPS) is 23.0. The molecule has 0 bridgehead atoms. The van der Waals surface area contributed by atoms with Crippen LogP contribution in [-0.2, 0) is 9.84 Å². The molecule has 0 aromatic heterocycles. The lowest BCUT2D eigenvalue weighted by atomic mass is 9.98. The van der Waals surface area contributed by atoms with E-state index in [1.54, 1.807) is 6.92 Å². The first-order valence-electron chi connectivity index (χ1n) is 6.96. The zero-order valence-corrected chi connectivity index (χ0v) is 12.5. The van der Waals surface area contributed by atoms with E-state index in [9.17, 15) is 21.6 Å². The molecule has 1 saturated heterocycles. The van der Waals surface area contributed by atoms with Gasteiger partial charge in [0.2, 0.25) is 0 Å². The summed E-state index contributed by atoms with van der Waals surface area (Å²) in [5.41, 5.74) is -0.133. The zero-order chi connectivity index (χ0) is 15.6. The Bertz CT molecular complexity index is 619. The van der Waals surface area contributed by atoms with Crippen molar-refractivity contribution in [3.8, 4) is 0 Å². The fourth-order valence-corrected chi connectivity index (χ4v) is 4.88.